The monoisotopic (exact) mass is 344 g/mol. The average Bonchev–Trinajstić information content (AvgIpc) is 3.14. The van der Waals surface area contributed by atoms with Crippen molar-refractivity contribution in [3.05, 3.63) is 17.7 Å². The molecule has 0 aromatic heterocycles. The van der Waals surface area contributed by atoms with Crippen molar-refractivity contribution in [2.24, 2.45) is 0 Å². The second-order valence-electron chi connectivity index (χ2n) is 5.74. The number of likely N-dealkylation sites (N-methyl/N-ethyl adjacent to an activating group) is 1. The quantitative estimate of drug-likeness (QED) is 0.818. The zero-order valence-corrected chi connectivity index (χ0v) is 13.0. The number of benzene rings is 1. The molecular formula is C15H18F2N2O5. The SMILES string of the molecule is CN(Cc1cc2c(cc1OC(F)F)OCO2)C(=O)C1CC(O)CN1. The van der Waals surface area contributed by atoms with Gasteiger partial charge in [0.2, 0.25) is 12.7 Å². The smallest absolute Gasteiger partial charge is 0.387 e. The summed E-state index contributed by atoms with van der Waals surface area (Å²) >= 11 is 0. The lowest BCUT2D eigenvalue weighted by atomic mass is 10.1. The number of aliphatic hydroxyl groups is 1. The molecule has 0 aliphatic carbocycles. The van der Waals surface area contributed by atoms with Gasteiger partial charge in [-0.15, -0.1) is 0 Å². The number of carbonyl (C=O) groups is 1. The first-order valence-corrected chi connectivity index (χ1v) is 7.48. The number of fused-ring (bicyclic) bond motifs is 1. The molecule has 2 aliphatic heterocycles. The summed E-state index contributed by atoms with van der Waals surface area (Å²) in [5.74, 6) is 0.450. The van der Waals surface area contributed by atoms with Crippen LogP contribution in [0.15, 0.2) is 12.1 Å². The summed E-state index contributed by atoms with van der Waals surface area (Å²) in [5.41, 5.74) is 0.383. The van der Waals surface area contributed by atoms with Gasteiger partial charge in [0.1, 0.15) is 5.75 Å². The van der Waals surface area contributed by atoms with Crippen LogP contribution in [0.1, 0.15) is 12.0 Å². The molecule has 132 valence electrons. The van der Waals surface area contributed by atoms with Gasteiger partial charge in [-0.2, -0.15) is 8.78 Å². The third-order valence-corrected chi connectivity index (χ3v) is 3.96. The Morgan fingerprint density at radius 2 is 2.17 bits per heavy atom. The molecule has 2 N–H and O–H groups in total. The first-order chi connectivity index (χ1) is 11.4. The van der Waals surface area contributed by atoms with Crippen molar-refractivity contribution in [3.8, 4) is 17.2 Å². The fraction of sp³-hybridized carbons (Fsp3) is 0.533. The number of hydrogen-bond donors (Lipinski definition) is 2. The van der Waals surface area contributed by atoms with Gasteiger partial charge in [0.05, 0.1) is 12.1 Å². The second kappa shape index (κ2) is 6.78. The summed E-state index contributed by atoms with van der Waals surface area (Å²) in [4.78, 5) is 13.8. The minimum Gasteiger partial charge on any atom is -0.454 e. The van der Waals surface area contributed by atoms with Crippen molar-refractivity contribution in [2.75, 3.05) is 20.4 Å². The number of amides is 1. The number of alkyl halides is 2. The van der Waals surface area contributed by atoms with Gasteiger partial charge in [0, 0.05) is 31.8 Å². The van der Waals surface area contributed by atoms with E-state index in [1.54, 1.807) is 7.05 Å². The van der Waals surface area contributed by atoms with Gasteiger partial charge in [-0.1, -0.05) is 0 Å². The van der Waals surface area contributed by atoms with Gasteiger partial charge < -0.3 is 29.5 Å². The van der Waals surface area contributed by atoms with E-state index in [-0.39, 0.29) is 25.0 Å². The van der Waals surface area contributed by atoms with Gasteiger partial charge in [-0.05, 0) is 12.5 Å². The number of carbonyl (C=O) groups excluding carboxylic acids is 1. The Bertz CT molecular complexity index is 628. The van der Waals surface area contributed by atoms with Gasteiger partial charge in [0.25, 0.3) is 0 Å². The molecule has 9 heteroatoms. The van der Waals surface area contributed by atoms with Crippen molar-refractivity contribution in [1.82, 2.24) is 10.2 Å². The van der Waals surface area contributed by atoms with Gasteiger partial charge in [-0.3, -0.25) is 4.79 Å². The number of aliphatic hydroxyl groups excluding tert-OH is 1. The Balaban J connectivity index is 1.76. The maximum Gasteiger partial charge on any atom is 0.387 e. The highest BCUT2D eigenvalue weighted by Gasteiger charge is 2.31. The molecule has 0 spiro atoms. The van der Waals surface area contributed by atoms with Gasteiger partial charge >= 0.3 is 6.61 Å². The number of nitrogens with zero attached hydrogens (tertiary/aromatic N) is 1. The van der Waals surface area contributed by atoms with E-state index in [1.807, 2.05) is 0 Å². The molecule has 7 nitrogen and oxygen atoms in total. The molecule has 0 radical (unpaired) electrons. The standard InChI is InChI=1S/C15H18F2N2O5/c1-19(14(21)10-3-9(20)5-18-10)6-8-2-12-13(23-7-22-12)4-11(8)24-15(16)17/h2,4,9-10,15,18,20H,3,5-7H2,1H3. The van der Waals surface area contributed by atoms with E-state index in [9.17, 15) is 18.7 Å². The van der Waals surface area contributed by atoms with E-state index in [2.05, 4.69) is 10.1 Å². The highest BCUT2D eigenvalue weighted by Crippen LogP contribution is 2.39. The molecule has 24 heavy (non-hydrogen) atoms. The van der Waals surface area contributed by atoms with E-state index in [0.717, 1.165) is 0 Å². The molecule has 1 saturated heterocycles. The third-order valence-electron chi connectivity index (χ3n) is 3.96. The van der Waals surface area contributed by atoms with Gasteiger partial charge in [0.15, 0.2) is 11.5 Å². The lowest BCUT2D eigenvalue weighted by Gasteiger charge is -2.22. The lowest BCUT2D eigenvalue weighted by molar-refractivity contribution is -0.132. The van der Waals surface area contributed by atoms with Crippen LogP contribution in [0.4, 0.5) is 8.78 Å². The highest BCUT2D eigenvalue weighted by molar-refractivity contribution is 5.82. The molecule has 0 bridgehead atoms. The zero-order chi connectivity index (χ0) is 17.3. The topological polar surface area (TPSA) is 80.3 Å². The van der Waals surface area contributed by atoms with Crippen molar-refractivity contribution >= 4 is 5.91 Å². The van der Waals surface area contributed by atoms with Crippen LogP contribution in [0.3, 0.4) is 0 Å². The summed E-state index contributed by atoms with van der Waals surface area (Å²) in [7, 11) is 1.56. The van der Waals surface area contributed by atoms with E-state index in [0.29, 0.717) is 30.0 Å². The first-order valence-electron chi connectivity index (χ1n) is 7.48. The molecule has 1 aromatic carbocycles. The second-order valence-corrected chi connectivity index (χ2v) is 5.74. The summed E-state index contributed by atoms with van der Waals surface area (Å²) in [5, 5.41) is 12.4. The maximum atomic E-state index is 12.6. The molecule has 2 unspecified atom stereocenters. The predicted octanol–water partition coefficient (Wildman–Crippen LogP) is 0.698. The number of ether oxygens (including phenoxy) is 3. The Labute approximate surface area is 137 Å². The van der Waals surface area contributed by atoms with Crippen molar-refractivity contribution in [2.45, 2.75) is 31.7 Å². The first kappa shape index (κ1) is 16.7. The number of hydrogen-bond acceptors (Lipinski definition) is 6. The molecule has 2 aliphatic rings. The van der Waals surface area contributed by atoms with Crippen LogP contribution in [0, 0.1) is 0 Å². The Morgan fingerprint density at radius 1 is 1.46 bits per heavy atom. The number of β-amino-alcohol motifs (C(OH)–C–C–N with tert-alkyl or cyclic N) is 1. The van der Waals surface area contributed by atoms with Crippen molar-refractivity contribution in [3.63, 3.8) is 0 Å². The number of nitrogens with one attached hydrogen (secondary N) is 1. The highest BCUT2D eigenvalue weighted by atomic mass is 19.3. The van der Waals surface area contributed by atoms with Gasteiger partial charge in [-0.25, -0.2) is 0 Å². The normalized spacial score (nSPS) is 22.0. The van der Waals surface area contributed by atoms with Crippen LogP contribution in [0.25, 0.3) is 0 Å². The molecule has 1 fully saturated rings. The largest absolute Gasteiger partial charge is 0.454 e. The van der Waals surface area contributed by atoms with Crippen LogP contribution in [-0.4, -0.2) is 55.1 Å². The molecule has 2 atom stereocenters. The summed E-state index contributed by atoms with van der Waals surface area (Å²) in [6.07, 6.45) is -0.235. The van der Waals surface area contributed by atoms with E-state index in [4.69, 9.17) is 9.47 Å². The maximum absolute atomic E-state index is 12.6. The van der Waals surface area contributed by atoms with Crippen molar-refractivity contribution in [1.29, 1.82) is 0 Å². The average molecular weight is 344 g/mol. The van der Waals surface area contributed by atoms with Crippen LogP contribution in [0.2, 0.25) is 0 Å². The van der Waals surface area contributed by atoms with Crippen LogP contribution >= 0.6 is 0 Å². The number of rotatable bonds is 5. The third kappa shape index (κ3) is 3.51. The van der Waals surface area contributed by atoms with Crippen LogP contribution in [-0.2, 0) is 11.3 Å². The molecule has 2 heterocycles. The molecular weight excluding hydrogens is 326 g/mol. The fourth-order valence-electron chi connectivity index (χ4n) is 2.80. The Morgan fingerprint density at radius 3 is 2.79 bits per heavy atom. The summed E-state index contributed by atoms with van der Waals surface area (Å²) in [6.45, 7) is -2.57. The minimum absolute atomic E-state index is 0.00551. The molecule has 3 rings (SSSR count). The van der Waals surface area contributed by atoms with Crippen molar-refractivity contribution < 1.29 is 32.9 Å². The predicted molar refractivity (Wildman–Crippen MR) is 78.1 cm³/mol. The Kier molecular flexibility index (Phi) is 4.72. The lowest BCUT2D eigenvalue weighted by Crippen LogP contribution is -2.41. The van der Waals surface area contributed by atoms with E-state index in [1.165, 1.54) is 17.0 Å². The van der Waals surface area contributed by atoms with Crippen LogP contribution < -0.4 is 19.5 Å². The molecule has 0 saturated carbocycles. The fourth-order valence-corrected chi connectivity index (χ4v) is 2.80. The minimum atomic E-state index is -2.99. The molecule has 1 aromatic rings. The van der Waals surface area contributed by atoms with Crippen LogP contribution in [0.5, 0.6) is 17.2 Å². The number of halogens is 2. The summed E-state index contributed by atoms with van der Waals surface area (Å²) in [6, 6.07) is 2.37. The summed E-state index contributed by atoms with van der Waals surface area (Å²) < 4.78 is 40.2. The van der Waals surface area contributed by atoms with E-state index >= 15 is 0 Å². The van der Waals surface area contributed by atoms with E-state index < -0.39 is 18.8 Å². The molecule has 1 amide bonds. The Hall–Kier alpha value is -2.13. The zero-order valence-electron chi connectivity index (χ0n) is 13.0.